The molecule has 2 aliphatic heterocycles. The average molecular weight is 392 g/mol. The molecular formula is C20H28N2O6. The molecular weight excluding hydrogens is 364 g/mol. The van der Waals surface area contributed by atoms with Crippen molar-refractivity contribution in [1.29, 1.82) is 0 Å². The number of likely N-dealkylation sites (tertiary alicyclic amines) is 1. The van der Waals surface area contributed by atoms with Crippen molar-refractivity contribution >= 4 is 12.0 Å². The van der Waals surface area contributed by atoms with Crippen LogP contribution in [0, 0.1) is 0 Å². The summed E-state index contributed by atoms with van der Waals surface area (Å²) in [4.78, 5) is 25.8. The van der Waals surface area contributed by atoms with Crippen molar-refractivity contribution in [2.45, 2.75) is 63.9 Å². The smallest absolute Gasteiger partial charge is 0.410 e. The second kappa shape index (κ2) is 8.06. The SMILES string of the molecule is CC(=O)NC1CN(C(=O)OC(C)(C)C)C2COC(c3ccccc3)O[C@H]2C1O. The Balaban J connectivity index is 1.83. The van der Waals surface area contributed by atoms with E-state index < -0.39 is 42.3 Å². The maximum Gasteiger partial charge on any atom is 0.410 e. The van der Waals surface area contributed by atoms with Crippen molar-refractivity contribution in [3.8, 4) is 0 Å². The molecule has 0 aliphatic carbocycles. The summed E-state index contributed by atoms with van der Waals surface area (Å²) >= 11 is 0. The Kier molecular flexibility index (Phi) is 5.92. The predicted molar refractivity (Wildman–Crippen MR) is 100 cm³/mol. The van der Waals surface area contributed by atoms with Crippen LogP contribution in [-0.4, -0.2) is 65.1 Å². The summed E-state index contributed by atoms with van der Waals surface area (Å²) in [7, 11) is 0. The van der Waals surface area contributed by atoms with E-state index in [0.717, 1.165) is 5.56 Å². The number of nitrogens with zero attached hydrogens (tertiary/aromatic N) is 1. The van der Waals surface area contributed by atoms with E-state index in [1.54, 1.807) is 20.8 Å². The van der Waals surface area contributed by atoms with Gasteiger partial charge < -0.3 is 24.6 Å². The number of aliphatic hydroxyl groups is 1. The Bertz CT molecular complexity index is 704. The zero-order chi connectivity index (χ0) is 20.5. The molecule has 0 bridgehead atoms. The van der Waals surface area contributed by atoms with Gasteiger partial charge in [-0.2, -0.15) is 0 Å². The van der Waals surface area contributed by atoms with E-state index in [4.69, 9.17) is 14.2 Å². The number of hydrogen-bond donors (Lipinski definition) is 2. The molecule has 1 aromatic rings. The molecule has 154 valence electrons. The van der Waals surface area contributed by atoms with Crippen molar-refractivity contribution in [3.05, 3.63) is 35.9 Å². The van der Waals surface area contributed by atoms with E-state index >= 15 is 0 Å². The maximum absolute atomic E-state index is 12.8. The molecule has 3 rings (SSSR count). The van der Waals surface area contributed by atoms with Gasteiger partial charge in [-0.3, -0.25) is 9.69 Å². The fourth-order valence-corrected chi connectivity index (χ4v) is 3.52. The summed E-state index contributed by atoms with van der Waals surface area (Å²) in [5.74, 6) is -0.293. The third-order valence-corrected chi connectivity index (χ3v) is 4.71. The highest BCUT2D eigenvalue weighted by Crippen LogP contribution is 2.34. The molecule has 2 heterocycles. The summed E-state index contributed by atoms with van der Waals surface area (Å²) in [5.41, 5.74) is 0.147. The van der Waals surface area contributed by atoms with E-state index in [0.29, 0.717) is 0 Å². The Morgan fingerprint density at radius 1 is 1.25 bits per heavy atom. The molecule has 2 fully saturated rings. The molecule has 8 nitrogen and oxygen atoms in total. The first-order valence-corrected chi connectivity index (χ1v) is 9.42. The summed E-state index contributed by atoms with van der Waals surface area (Å²) in [6, 6.07) is 8.20. The van der Waals surface area contributed by atoms with Crippen LogP contribution in [0.3, 0.4) is 0 Å². The van der Waals surface area contributed by atoms with E-state index in [2.05, 4.69) is 5.32 Å². The fourth-order valence-electron chi connectivity index (χ4n) is 3.52. The summed E-state index contributed by atoms with van der Waals surface area (Å²) in [6.45, 7) is 7.02. The van der Waals surface area contributed by atoms with Crippen LogP contribution in [0.15, 0.2) is 30.3 Å². The highest BCUT2D eigenvalue weighted by atomic mass is 16.7. The lowest BCUT2D eigenvalue weighted by molar-refractivity contribution is -0.274. The minimum Gasteiger partial charge on any atom is -0.444 e. The molecule has 5 atom stereocenters. The lowest BCUT2D eigenvalue weighted by Crippen LogP contribution is -2.70. The average Bonchev–Trinajstić information content (AvgIpc) is 2.62. The molecule has 0 aromatic heterocycles. The van der Waals surface area contributed by atoms with E-state index in [1.807, 2.05) is 30.3 Å². The van der Waals surface area contributed by atoms with Gasteiger partial charge in [-0.1, -0.05) is 30.3 Å². The number of benzene rings is 1. The van der Waals surface area contributed by atoms with Gasteiger partial charge in [0.2, 0.25) is 5.91 Å². The lowest BCUT2D eigenvalue weighted by Gasteiger charge is -2.50. The Labute approximate surface area is 164 Å². The van der Waals surface area contributed by atoms with Gasteiger partial charge in [-0.25, -0.2) is 4.79 Å². The van der Waals surface area contributed by atoms with Gasteiger partial charge in [0.15, 0.2) is 6.29 Å². The lowest BCUT2D eigenvalue weighted by atomic mass is 9.91. The van der Waals surface area contributed by atoms with Gasteiger partial charge in [0.1, 0.15) is 17.8 Å². The van der Waals surface area contributed by atoms with Crippen LogP contribution in [0.1, 0.15) is 39.5 Å². The zero-order valence-corrected chi connectivity index (χ0v) is 16.6. The van der Waals surface area contributed by atoms with E-state index in [-0.39, 0.29) is 19.1 Å². The van der Waals surface area contributed by atoms with Crippen molar-refractivity contribution in [3.63, 3.8) is 0 Å². The number of hydrogen-bond acceptors (Lipinski definition) is 6. The van der Waals surface area contributed by atoms with Crippen LogP contribution in [0.4, 0.5) is 4.79 Å². The molecule has 0 saturated carbocycles. The van der Waals surface area contributed by atoms with Crippen LogP contribution in [0.2, 0.25) is 0 Å². The highest BCUT2D eigenvalue weighted by Gasteiger charge is 2.50. The third-order valence-electron chi connectivity index (χ3n) is 4.71. The summed E-state index contributed by atoms with van der Waals surface area (Å²) in [5, 5.41) is 13.5. The first-order valence-electron chi connectivity index (χ1n) is 9.42. The fraction of sp³-hybridized carbons (Fsp3) is 0.600. The standard InChI is InChI=1S/C20H28N2O6/c1-12(23)21-14-10-22(19(25)28-20(2,3)4)15-11-26-18(27-17(15)16(14)24)13-8-6-5-7-9-13/h5-9,14-18,24H,10-11H2,1-4H3,(H,21,23)/t14?,15?,16?,17-,18?/m1/s1. The van der Waals surface area contributed by atoms with Gasteiger partial charge >= 0.3 is 6.09 Å². The van der Waals surface area contributed by atoms with Gasteiger partial charge in [-0.05, 0) is 20.8 Å². The van der Waals surface area contributed by atoms with E-state index in [9.17, 15) is 14.7 Å². The maximum atomic E-state index is 12.8. The summed E-state index contributed by atoms with van der Waals surface area (Å²) in [6.07, 6.45) is -2.90. The number of carbonyl (C=O) groups excluding carboxylic acids is 2. The van der Waals surface area contributed by atoms with Crippen molar-refractivity contribution in [1.82, 2.24) is 10.2 Å². The minimum absolute atomic E-state index is 0.111. The monoisotopic (exact) mass is 392 g/mol. The molecule has 2 aliphatic rings. The number of aliphatic hydroxyl groups excluding tert-OH is 1. The molecule has 0 radical (unpaired) electrons. The van der Waals surface area contributed by atoms with Gasteiger partial charge in [-0.15, -0.1) is 0 Å². The number of ether oxygens (including phenoxy) is 3. The van der Waals surface area contributed by atoms with E-state index in [1.165, 1.54) is 11.8 Å². The first-order chi connectivity index (χ1) is 13.2. The normalized spacial score (nSPS) is 30.3. The largest absolute Gasteiger partial charge is 0.444 e. The molecule has 1 aromatic carbocycles. The Hall–Kier alpha value is -2.16. The third kappa shape index (κ3) is 4.63. The number of amides is 2. The summed E-state index contributed by atoms with van der Waals surface area (Å²) < 4.78 is 17.4. The number of piperidine rings is 1. The number of rotatable bonds is 2. The van der Waals surface area contributed by atoms with Crippen LogP contribution in [-0.2, 0) is 19.0 Å². The zero-order valence-electron chi connectivity index (χ0n) is 16.6. The Morgan fingerprint density at radius 2 is 1.93 bits per heavy atom. The van der Waals surface area contributed by atoms with Crippen molar-refractivity contribution in [2.75, 3.05) is 13.2 Å². The van der Waals surface area contributed by atoms with Crippen LogP contribution < -0.4 is 5.32 Å². The molecule has 8 heteroatoms. The second-order valence-electron chi connectivity index (χ2n) is 8.17. The molecule has 4 unspecified atom stereocenters. The Morgan fingerprint density at radius 3 is 2.54 bits per heavy atom. The number of nitrogens with one attached hydrogen (secondary N) is 1. The minimum atomic E-state index is -0.984. The molecule has 28 heavy (non-hydrogen) atoms. The second-order valence-corrected chi connectivity index (χ2v) is 8.17. The topological polar surface area (TPSA) is 97.3 Å². The molecule has 2 amide bonds. The van der Waals surface area contributed by atoms with Crippen LogP contribution in [0.5, 0.6) is 0 Å². The number of carbonyl (C=O) groups is 2. The van der Waals surface area contributed by atoms with Gasteiger partial charge in [0, 0.05) is 19.0 Å². The highest BCUT2D eigenvalue weighted by molar-refractivity contribution is 5.74. The van der Waals surface area contributed by atoms with Crippen molar-refractivity contribution in [2.24, 2.45) is 0 Å². The molecule has 0 spiro atoms. The number of fused-ring (bicyclic) bond motifs is 1. The quantitative estimate of drug-likeness (QED) is 0.793. The van der Waals surface area contributed by atoms with Crippen LogP contribution >= 0.6 is 0 Å². The van der Waals surface area contributed by atoms with Gasteiger partial charge in [0.25, 0.3) is 0 Å². The molecule has 2 N–H and O–H groups in total. The van der Waals surface area contributed by atoms with Crippen molar-refractivity contribution < 1.29 is 28.9 Å². The van der Waals surface area contributed by atoms with Gasteiger partial charge in [0.05, 0.1) is 18.7 Å². The predicted octanol–water partition coefficient (Wildman–Crippen LogP) is 1.59. The molecule has 2 saturated heterocycles. The van der Waals surface area contributed by atoms with Crippen LogP contribution in [0.25, 0.3) is 0 Å². The first kappa shape index (κ1) is 20.6.